The van der Waals surface area contributed by atoms with Crippen molar-refractivity contribution in [2.75, 3.05) is 44.3 Å². The molecule has 5 fully saturated rings. The van der Waals surface area contributed by atoms with Crippen molar-refractivity contribution in [3.8, 4) is 5.88 Å². The molecule has 0 aromatic carbocycles. The van der Waals surface area contributed by atoms with Crippen molar-refractivity contribution in [3.63, 3.8) is 0 Å². The van der Waals surface area contributed by atoms with Gasteiger partial charge in [-0.05, 0) is 167 Å². The first kappa shape index (κ1) is 44.8. The van der Waals surface area contributed by atoms with Gasteiger partial charge in [-0.3, -0.25) is 4.79 Å². The molecule has 0 amide bonds. The Morgan fingerprint density at radius 3 is 2.43 bits per heavy atom. The van der Waals surface area contributed by atoms with Crippen molar-refractivity contribution in [2.45, 2.75) is 144 Å². The van der Waals surface area contributed by atoms with Gasteiger partial charge in [0.25, 0.3) is 0 Å². The first-order valence-corrected chi connectivity index (χ1v) is 25.7. The molecule has 2 N–H and O–H groups in total. The topological polar surface area (TPSA) is 127 Å². The maximum Gasteiger partial charge on any atom is 0.313 e. The van der Waals surface area contributed by atoms with E-state index in [1.807, 2.05) is 13.8 Å². The summed E-state index contributed by atoms with van der Waals surface area (Å²) in [6.45, 7) is 29.0. The summed E-state index contributed by atoms with van der Waals surface area (Å²) in [5.74, 6) is 3.18. The first-order valence-electron chi connectivity index (χ1n) is 23.9. The number of rotatable bonds is 13. The van der Waals surface area contributed by atoms with Crippen molar-refractivity contribution in [2.24, 2.45) is 56.7 Å². The Hall–Kier alpha value is -2.76. The van der Waals surface area contributed by atoms with Gasteiger partial charge in [0, 0.05) is 31.7 Å². The number of fused-ring (bicyclic) bond motifs is 7. The highest BCUT2D eigenvalue weighted by Gasteiger charge is 2.71. The summed E-state index contributed by atoms with van der Waals surface area (Å²) in [6, 6.07) is 0.0706. The molecule has 4 saturated carbocycles. The zero-order valence-electron chi connectivity index (χ0n) is 38.6. The third kappa shape index (κ3) is 7.34. The Bertz CT molecular complexity index is 2040. The van der Waals surface area contributed by atoms with E-state index in [2.05, 4.69) is 80.0 Å². The summed E-state index contributed by atoms with van der Waals surface area (Å²) in [5.41, 5.74) is 3.56. The molecule has 338 valence electrons. The molecule has 4 unspecified atom stereocenters. The number of ether oxygens (including phenoxy) is 1. The van der Waals surface area contributed by atoms with Crippen LogP contribution in [0.1, 0.15) is 138 Å². The highest BCUT2D eigenvalue weighted by atomic mass is 32.2. The van der Waals surface area contributed by atoms with E-state index < -0.39 is 21.2 Å². The summed E-state index contributed by atoms with van der Waals surface area (Å²) in [7, 11) is -2.89. The van der Waals surface area contributed by atoms with Crippen LogP contribution in [0.2, 0.25) is 0 Å². The number of allylic oxidation sites excluding steroid dienone is 6. The van der Waals surface area contributed by atoms with Crippen LogP contribution in [0.25, 0.3) is 0 Å². The Kier molecular flexibility index (Phi) is 11.8. The van der Waals surface area contributed by atoms with Gasteiger partial charge in [0.1, 0.15) is 18.2 Å². The second-order valence-corrected chi connectivity index (χ2v) is 24.8. The second kappa shape index (κ2) is 16.0. The molecule has 10 nitrogen and oxygen atoms in total. The van der Waals surface area contributed by atoms with E-state index in [1.165, 1.54) is 68.1 Å². The normalized spacial score (nSPS) is 40.4. The molecule has 61 heavy (non-hydrogen) atoms. The SMILES string of the molecule is C=C[C@@]12CC[C@@]3(NCCN4CCS(=O)(=O)CC4)CC[C@@H](CC(=C)C)C3[C@H]1CCC1[C@@]3(C)CC=C(C4=CCC(COc5cnnn5C(C)C)(C(=O)O)CC4)C(C)(C)C3CC[C@]12C. The Labute approximate surface area is 367 Å². The minimum Gasteiger partial charge on any atom is -0.481 e. The van der Waals surface area contributed by atoms with Crippen LogP contribution in [0.15, 0.2) is 54.3 Å². The van der Waals surface area contributed by atoms with Gasteiger partial charge in [0.2, 0.25) is 5.88 Å². The lowest BCUT2D eigenvalue weighted by Gasteiger charge is -2.72. The molecule has 0 bridgehead atoms. The maximum atomic E-state index is 12.9. The summed E-state index contributed by atoms with van der Waals surface area (Å²) in [5, 5.41) is 23.0. The van der Waals surface area contributed by atoms with Gasteiger partial charge < -0.3 is 20.1 Å². The Morgan fingerprint density at radius 1 is 1.02 bits per heavy atom. The third-order valence-electron chi connectivity index (χ3n) is 18.9. The fraction of sp³-hybridized carbons (Fsp3) is 0.780. The fourth-order valence-corrected chi connectivity index (χ4v) is 17.2. The van der Waals surface area contributed by atoms with Crippen molar-refractivity contribution in [1.29, 1.82) is 0 Å². The molecule has 7 aliphatic rings. The quantitative estimate of drug-likeness (QED) is 0.187. The van der Waals surface area contributed by atoms with E-state index in [1.54, 1.807) is 10.9 Å². The molecule has 1 aromatic heterocycles. The lowest BCUT2D eigenvalue weighted by Crippen LogP contribution is -2.68. The van der Waals surface area contributed by atoms with E-state index >= 15 is 0 Å². The summed E-state index contributed by atoms with van der Waals surface area (Å²) >= 11 is 0. The van der Waals surface area contributed by atoms with Gasteiger partial charge >= 0.3 is 5.97 Å². The Balaban J connectivity index is 1.03. The number of carboxylic acid groups (broad SMARTS) is 1. The number of nitrogens with zero attached hydrogens (tertiary/aromatic N) is 4. The molecule has 10 atom stereocenters. The van der Waals surface area contributed by atoms with Crippen LogP contribution in [0.3, 0.4) is 0 Å². The summed E-state index contributed by atoms with van der Waals surface area (Å²) < 4.78 is 32.1. The number of carboxylic acids is 1. The highest BCUT2D eigenvalue weighted by Crippen LogP contribution is 2.77. The minimum atomic E-state index is -2.89. The second-order valence-electron chi connectivity index (χ2n) is 22.5. The third-order valence-corrected chi connectivity index (χ3v) is 20.5. The number of nitrogens with one attached hydrogen (secondary N) is 1. The van der Waals surface area contributed by atoms with E-state index in [0.29, 0.717) is 61.4 Å². The van der Waals surface area contributed by atoms with Crippen LogP contribution in [0.5, 0.6) is 5.88 Å². The molecule has 2 heterocycles. The molecule has 0 radical (unpaired) electrons. The Morgan fingerprint density at radius 2 is 1.77 bits per heavy atom. The lowest BCUT2D eigenvalue weighted by atomic mass is 9.32. The van der Waals surface area contributed by atoms with Crippen LogP contribution in [-0.2, 0) is 14.6 Å². The molecular formula is C50H77N5O5S. The fourth-order valence-electron chi connectivity index (χ4n) is 15.9. The van der Waals surface area contributed by atoms with E-state index in [0.717, 1.165) is 32.4 Å². The average Bonchev–Trinajstić information content (AvgIpc) is 3.83. The van der Waals surface area contributed by atoms with Crippen LogP contribution in [0.4, 0.5) is 0 Å². The van der Waals surface area contributed by atoms with Gasteiger partial charge in [0.15, 0.2) is 9.84 Å². The smallest absolute Gasteiger partial charge is 0.313 e. The van der Waals surface area contributed by atoms with Crippen LogP contribution in [0, 0.1) is 56.7 Å². The number of aliphatic carboxylic acids is 1. The van der Waals surface area contributed by atoms with Gasteiger partial charge in [-0.2, -0.15) is 0 Å². The summed E-state index contributed by atoms with van der Waals surface area (Å²) in [4.78, 5) is 15.2. The van der Waals surface area contributed by atoms with Crippen LogP contribution >= 0.6 is 0 Å². The summed E-state index contributed by atoms with van der Waals surface area (Å²) in [6.07, 6.45) is 22.5. The molecule has 0 spiro atoms. The lowest BCUT2D eigenvalue weighted by molar-refractivity contribution is -0.209. The van der Waals surface area contributed by atoms with E-state index in [4.69, 9.17) is 11.3 Å². The number of aromatic nitrogens is 3. The molecule has 8 rings (SSSR count). The van der Waals surface area contributed by atoms with Crippen molar-refractivity contribution in [1.82, 2.24) is 25.2 Å². The predicted octanol–water partition coefficient (Wildman–Crippen LogP) is 9.24. The standard InChI is InChI=1S/C50H77N5O5S/c1-10-49-23-24-50(51-25-26-54-27-29-61(58,59)30-28-54)22-15-37(31-34(2)3)43(50)39(49)11-12-41-46(8)18-16-38(45(6,7)40(46)17-19-47(41,49)9)36-13-20-48(21-14-36,44(56)57)33-60-42-32-52-53-55(42)35(4)5/h10,13,16,32,35,37,39-41,43,51H,1-2,11-12,14-15,17-31,33H2,3-9H3,(H,56,57)/t37-,39+,40?,41?,43?,46-,47+,48?,49+,50-/m0/s1. The van der Waals surface area contributed by atoms with Crippen molar-refractivity contribution in [3.05, 3.63) is 54.3 Å². The zero-order chi connectivity index (χ0) is 43.8. The average molecular weight is 860 g/mol. The minimum absolute atomic E-state index is 0.0320. The van der Waals surface area contributed by atoms with Gasteiger partial charge in [-0.1, -0.05) is 56.7 Å². The molecular weight excluding hydrogens is 783 g/mol. The van der Waals surface area contributed by atoms with Crippen molar-refractivity contribution < 1.29 is 23.1 Å². The maximum absolute atomic E-state index is 12.9. The van der Waals surface area contributed by atoms with Gasteiger partial charge in [0.05, 0.1) is 17.5 Å². The van der Waals surface area contributed by atoms with Gasteiger partial charge in [-0.25, -0.2) is 13.1 Å². The molecule has 1 aromatic rings. The van der Waals surface area contributed by atoms with Crippen molar-refractivity contribution >= 4 is 15.8 Å². The molecule has 11 heteroatoms. The monoisotopic (exact) mass is 860 g/mol. The molecule has 1 aliphatic heterocycles. The van der Waals surface area contributed by atoms with Gasteiger partial charge in [-0.15, -0.1) is 18.3 Å². The molecule has 6 aliphatic carbocycles. The van der Waals surface area contributed by atoms with E-state index in [-0.39, 0.29) is 51.4 Å². The molecule has 1 saturated heterocycles. The predicted molar refractivity (Wildman–Crippen MR) is 243 cm³/mol. The van der Waals surface area contributed by atoms with Crippen LogP contribution < -0.4 is 10.1 Å². The number of hydrogen-bond acceptors (Lipinski definition) is 8. The number of sulfone groups is 1. The van der Waals surface area contributed by atoms with E-state index in [9.17, 15) is 18.3 Å². The number of hydrogen-bond donors (Lipinski definition) is 2. The largest absolute Gasteiger partial charge is 0.481 e. The first-order chi connectivity index (χ1) is 28.8. The zero-order valence-corrected chi connectivity index (χ0v) is 39.4. The highest BCUT2D eigenvalue weighted by molar-refractivity contribution is 7.91. The van der Waals surface area contributed by atoms with Crippen LogP contribution in [-0.4, -0.2) is 89.2 Å². The number of carbonyl (C=O) groups is 1.